The number of nitrogens with one attached hydrogen (secondary N) is 1. The maximum atomic E-state index is 12.7. The minimum absolute atomic E-state index is 0.192. The van der Waals surface area contributed by atoms with Gasteiger partial charge in [-0.15, -0.1) is 0 Å². The van der Waals surface area contributed by atoms with E-state index in [0.29, 0.717) is 23.1 Å². The van der Waals surface area contributed by atoms with E-state index in [2.05, 4.69) is 10.1 Å². The van der Waals surface area contributed by atoms with Crippen molar-refractivity contribution in [1.82, 2.24) is 5.32 Å². The Hall–Kier alpha value is -2.83. The van der Waals surface area contributed by atoms with Crippen LogP contribution < -0.4 is 5.32 Å². The van der Waals surface area contributed by atoms with Gasteiger partial charge < -0.3 is 10.1 Å². The van der Waals surface area contributed by atoms with E-state index in [1.165, 1.54) is 19.2 Å². The highest BCUT2D eigenvalue weighted by Gasteiger charge is 2.30. The third kappa shape index (κ3) is 5.08. The first-order valence-corrected chi connectivity index (χ1v) is 7.94. The predicted molar refractivity (Wildman–Crippen MR) is 90.5 cm³/mol. The van der Waals surface area contributed by atoms with Crippen LogP contribution in [0.25, 0.3) is 11.1 Å². The van der Waals surface area contributed by atoms with E-state index in [9.17, 15) is 22.8 Å². The van der Waals surface area contributed by atoms with Gasteiger partial charge >= 0.3 is 12.1 Å². The molecule has 2 aromatic rings. The summed E-state index contributed by atoms with van der Waals surface area (Å²) in [5.41, 5.74) is 0.654. The van der Waals surface area contributed by atoms with Gasteiger partial charge in [0, 0.05) is 18.5 Å². The smallest absolute Gasteiger partial charge is 0.416 e. The molecule has 0 atom stereocenters. The first kappa shape index (κ1) is 19.5. The standard InChI is InChI=1S/C19H18F3NO3/c1-26-17(24)7-4-12-23-18(25)16-6-3-2-5-15(16)13-8-10-14(11-9-13)19(20,21)22/h2-3,5-6,8-11H,4,7,12H2,1H3,(H,23,25). The first-order chi connectivity index (χ1) is 12.3. The summed E-state index contributed by atoms with van der Waals surface area (Å²) in [6.07, 6.45) is -3.78. The molecule has 0 bridgehead atoms. The Bertz CT molecular complexity index is 770. The monoisotopic (exact) mass is 365 g/mol. The van der Waals surface area contributed by atoms with Crippen molar-refractivity contribution < 1.29 is 27.5 Å². The number of rotatable bonds is 6. The lowest BCUT2D eigenvalue weighted by Gasteiger charge is -2.12. The molecule has 26 heavy (non-hydrogen) atoms. The van der Waals surface area contributed by atoms with Crippen LogP contribution in [0.2, 0.25) is 0 Å². The van der Waals surface area contributed by atoms with E-state index in [0.717, 1.165) is 12.1 Å². The second-order valence-corrected chi connectivity index (χ2v) is 5.56. The third-order valence-electron chi connectivity index (χ3n) is 3.77. The quantitative estimate of drug-likeness (QED) is 0.621. The fraction of sp³-hybridized carbons (Fsp3) is 0.263. The number of alkyl halides is 3. The fourth-order valence-corrected chi connectivity index (χ4v) is 2.40. The zero-order chi connectivity index (χ0) is 19.2. The Kier molecular flexibility index (Phi) is 6.38. The molecule has 138 valence electrons. The molecule has 7 heteroatoms. The molecule has 2 rings (SSSR count). The van der Waals surface area contributed by atoms with Crippen LogP contribution in [0, 0.1) is 0 Å². The first-order valence-electron chi connectivity index (χ1n) is 7.94. The average molecular weight is 365 g/mol. The number of esters is 1. The van der Waals surface area contributed by atoms with Gasteiger partial charge in [0.2, 0.25) is 0 Å². The molecule has 0 unspecified atom stereocenters. The van der Waals surface area contributed by atoms with Crippen LogP contribution in [-0.2, 0) is 15.7 Å². The van der Waals surface area contributed by atoms with Crippen LogP contribution in [0.4, 0.5) is 13.2 Å². The van der Waals surface area contributed by atoms with E-state index in [1.54, 1.807) is 24.3 Å². The molecule has 0 aliphatic rings. The van der Waals surface area contributed by atoms with Crippen LogP contribution in [0.15, 0.2) is 48.5 Å². The summed E-state index contributed by atoms with van der Waals surface area (Å²) >= 11 is 0. The van der Waals surface area contributed by atoms with Gasteiger partial charge in [0.15, 0.2) is 0 Å². The lowest BCUT2D eigenvalue weighted by Crippen LogP contribution is -2.25. The SMILES string of the molecule is COC(=O)CCCNC(=O)c1ccccc1-c1ccc(C(F)(F)F)cc1. The summed E-state index contributed by atoms with van der Waals surface area (Å²) in [7, 11) is 1.29. The molecule has 0 heterocycles. The van der Waals surface area contributed by atoms with Crippen LogP contribution >= 0.6 is 0 Å². The molecule has 0 radical (unpaired) electrons. The summed E-state index contributed by atoms with van der Waals surface area (Å²) in [4.78, 5) is 23.4. The summed E-state index contributed by atoms with van der Waals surface area (Å²) in [5, 5.41) is 2.70. The number of carbonyl (C=O) groups is 2. The highest BCUT2D eigenvalue weighted by molar-refractivity contribution is 6.00. The molecule has 4 nitrogen and oxygen atoms in total. The number of halogens is 3. The lowest BCUT2D eigenvalue weighted by molar-refractivity contribution is -0.140. The molecular weight excluding hydrogens is 347 g/mol. The highest BCUT2D eigenvalue weighted by atomic mass is 19.4. The van der Waals surface area contributed by atoms with Crippen LogP contribution in [0.3, 0.4) is 0 Å². The Morgan fingerprint density at radius 3 is 2.31 bits per heavy atom. The van der Waals surface area contributed by atoms with Crippen molar-refractivity contribution in [3.8, 4) is 11.1 Å². The zero-order valence-corrected chi connectivity index (χ0v) is 14.1. The maximum absolute atomic E-state index is 12.7. The molecule has 0 saturated carbocycles. The second-order valence-electron chi connectivity index (χ2n) is 5.56. The van der Waals surface area contributed by atoms with Crippen molar-refractivity contribution in [2.45, 2.75) is 19.0 Å². The average Bonchev–Trinajstić information content (AvgIpc) is 2.64. The molecular formula is C19H18F3NO3. The van der Waals surface area contributed by atoms with E-state index in [-0.39, 0.29) is 24.8 Å². The number of methoxy groups -OCH3 is 1. The predicted octanol–water partition coefficient (Wildman–Crippen LogP) is 4.06. The molecule has 0 fully saturated rings. The van der Waals surface area contributed by atoms with Crippen LogP contribution in [-0.4, -0.2) is 25.5 Å². The molecule has 0 saturated heterocycles. The summed E-state index contributed by atoms with van der Waals surface area (Å²) in [6, 6.07) is 11.3. The highest BCUT2D eigenvalue weighted by Crippen LogP contribution is 2.31. The summed E-state index contributed by atoms with van der Waals surface area (Å²) in [6.45, 7) is 0.287. The maximum Gasteiger partial charge on any atom is 0.416 e. The fourth-order valence-electron chi connectivity index (χ4n) is 2.40. The molecule has 0 aliphatic carbocycles. The number of hydrogen-bond donors (Lipinski definition) is 1. The molecule has 1 N–H and O–H groups in total. The number of hydrogen-bond acceptors (Lipinski definition) is 3. The van der Waals surface area contributed by atoms with E-state index in [1.807, 2.05) is 0 Å². The Morgan fingerprint density at radius 2 is 1.69 bits per heavy atom. The third-order valence-corrected chi connectivity index (χ3v) is 3.77. The van der Waals surface area contributed by atoms with Crippen molar-refractivity contribution in [3.63, 3.8) is 0 Å². The van der Waals surface area contributed by atoms with Crippen molar-refractivity contribution in [2.75, 3.05) is 13.7 Å². The molecule has 1 amide bonds. The Labute approximate surface area is 149 Å². The van der Waals surface area contributed by atoms with Gasteiger partial charge in [0.1, 0.15) is 0 Å². The van der Waals surface area contributed by atoms with Gasteiger partial charge in [-0.25, -0.2) is 0 Å². The topological polar surface area (TPSA) is 55.4 Å². The summed E-state index contributed by atoms with van der Waals surface area (Å²) in [5.74, 6) is -0.713. The molecule has 0 aliphatic heterocycles. The van der Waals surface area contributed by atoms with Gasteiger partial charge in [-0.05, 0) is 35.7 Å². The largest absolute Gasteiger partial charge is 0.469 e. The van der Waals surface area contributed by atoms with Crippen LogP contribution in [0.5, 0.6) is 0 Å². The minimum Gasteiger partial charge on any atom is -0.469 e. The van der Waals surface area contributed by atoms with E-state index >= 15 is 0 Å². The summed E-state index contributed by atoms with van der Waals surface area (Å²) < 4.78 is 42.6. The normalized spacial score (nSPS) is 11.1. The number of benzene rings is 2. The second kappa shape index (κ2) is 8.51. The Balaban J connectivity index is 2.12. The number of amides is 1. The van der Waals surface area contributed by atoms with Crippen molar-refractivity contribution in [3.05, 3.63) is 59.7 Å². The van der Waals surface area contributed by atoms with Crippen molar-refractivity contribution in [1.29, 1.82) is 0 Å². The van der Waals surface area contributed by atoms with Gasteiger partial charge in [-0.1, -0.05) is 30.3 Å². The Morgan fingerprint density at radius 1 is 1.04 bits per heavy atom. The molecule has 0 aromatic heterocycles. The van der Waals surface area contributed by atoms with E-state index < -0.39 is 11.7 Å². The lowest BCUT2D eigenvalue weighted by atomic mass is 9.98. The van der Waals surface area contributed by atoms with Crippen molar-refractivity contribution >= 4 is 11.9 Å². The number of ether oxygens (including phenoxy) is 1. The number of carbonyl (C=O) groups excluding carboxylic acids is 2. The molecule has 0 spiro atoms. The zero-order valence-electron chi connectivity index (χ0n) is 14.1. The van der Waals surface area contributed by atoms with E-state index in [4.69, 9.17) is 0 Å². The van der Waals surface area contributed by atoms with Gasteiger partial charge in [0.05, 0.1) is 12.7 Å². The van der Waals surface area contributed by atoms with Crippen molar-refractivity contribution in [2.24, 2.45) is 0 Å². The molecule has 2 aromatic carbocycles. The van der Waals surface area contributed by atoms with Gasteiger partial charge in [-0.2, -0.15) is 13.2 Å². The minimum atomic E-state index is -4.41. The van der Waals surface area contributed by atoms with Crippen LogP contribution in [0.1, 0.15) is 28.8 Å². The van der Waals surface area contributed by atoms with Gasteiger partial charge in [-0.3, -0.25) is 9.59 Å². The van der Waals surface area contributed by atoms with Gasteiger partial charge in [0.25, 0.3) is 5.91 Å².